The third-order valence-electron chi connectivity index (χ3n) is 1.81. The maximum absolute atomic E-state index is 10.9. The molecule has 0 bridgehead atoms. The summed E-state index contributed by atoms with van der Waals surface area (Å²) in [5, 5.41) is 2.53. The van der Waals surface area contributed by atoms with Gasteiger partial charge in [-0.1, -0.05) is 0 Å². The summed E-state index contributed by atoms with van der Waals surface area (Å²) >= 11 is 0. The Bertz CT molecular complexity index is 394. The first-order valence-electron chi connectivity index (χ1n) is 4.57. The van der Waals surface area contributed by atoms with Gasteiger partial charge in [-0.05, 0) is 0 Å². The first-order valence-corrected chi connectivity index (χ1v) is 4.57. The fourth-order valence-corrected chi connectivity index (χ4v) is 1.16. The van der Waals surface area contributed by atoms with Crippen molar-refractivity contribution in [2.24, 2.45) is 0 Å². The normalized spacial score (nSPS) is 9.56. The predicted octanol–water partition coefficient (Wildman–Crippen LogP) is -0.267. The van der Waals surface area contributed by atoms with Gasteiger partial charge in [-0.15, -0.1) is 0 Å². The molecule has 1 rings (SSSR count). The minimum atomic E-state index is -0.254. The van der Waals surface area contributed by atoms with Crippen LogP contribution in [-0.2, 0) is 20.7 Å². The molecule has 0 saturated heterocycles. The smallest absolute Gasteiger partial charge is 0.293 e. The van der Waals surface area contributed by atoms with Crippen molar-refractivity contribution in [2.45, 2.75) is 13.3 Å². The van der Waals surface area contributed by atoms with E-state index in [9.17, 15) is 9.59 Å². The highest BCUT2D eigenvalue weighted by Gasteiger charge is 2.10. The van der Waals surface area contributed by atoms with Crippen molar-refractivity contribution in [2.75, 3.05) is 17.7 Å². The van der Waals surface area contributed by atoms with Gasteiger partial charge in [-0.3, -0.25) is 9.59 Å². The van der Waals surface area contributed by atoms with Gasteiger partial charge in [0.15, 0.2) is 0 Å². The molecule has 7 nitrogen and oxygen atoms in total. The number of nitrogens with zero attached hydrogens (tertiary/aromatic N) is 2. The number of aromatic nitrogens is 2. The highest BCUT2D eigenvalue weighted by atomic mass is 16.5. The highest BCUT2D eigenvalue weighted by Crippen LogP contribution is 2.17. The van der Waals surface area contributed by atoms with E-state index < -0.39 is 0 Å². The number of nitrogens with two attached hydrogens (primary N) is 1. The lowest BCUT2D eigenvalue weighted by molar-refractivity contribution is -0.128. The summed E-state index contributed by atoms with van der Waals surface area (Å²) in [7, 11) is 0. The zero-order valence-electron chi connectivity index (χ0n) is 8.77. The van der Waals surface area contributed by atoms with Crippen molar-refractivity contribution >= 4 is 24.0 Å². The number of anilines is 2. The van der Waals surface area contributed by atoms with Crippen LogP contribution in [-0.4, -0.2) is 29.0 Å². The van der Waals surface area contributed by atoms with E-state index in [1.807, 2.05) is 0 Å². The van der Waals surface area contributed by atoms with Gasteiger partial charge in [0.05, 0.1) is 6.61 Å². The lowest BCUT2D eigenvalue weighted by Crippen LogP contribution is -2.13. The first kappa shape index (κ1) is 11.9. The molecule has 1 heterocycles. The maximum Gasteiger partial charge on any atom is 0.293 e. The van der Waals surface area contributed by atoms with Crippen molar-refractivity contribution in [1.82, 2.24) is 9.97 Å². The van der Waals surface area contributed by atoms with Crippen LogP contribution >= 0.6 is 0 Å². The van der Waals surface area contributed by atoms with E-state index in [1.165, 1.54) is 13.3 Å². The second-order valence-corrected chi connectivity index (χ2v) is 2.98. The molecule has 0 atom stereocenters. The number of amides is 1. The molecule has 0 aliphatic rings. The van der Waals surface area contributed by atoms with Crippen LogP contribution in [0.2, 0.25) is 0 Å². The molecule has 3 N–H and O–H groups in total. The van der Waals surface area contributed by atoms with Gasteiger partial charge in [-0.2, -0.15) is 0 Å². The molecule has 7 heteroatoms. The van der Waals surface area contributed by atoms with Crippen molar-refractivity contribution in [3.8, 4) is 0 Å². The molecule has 1 aromatic heterocycles. The fraction of sp³-hybridized carbons (Fsp3) is 0.333. The van der Waals surface area contributed by atoms with Gasteiger partial charge in [0, 0.05) is 18.9 Å². The van der Waals surface area contributed by atoms with Crippen LogP contribution in [0.4, 0.5) is 11.6 Å². The molecule has 86 valence electrons. The number of nitrogens with one attached hydrogen (secondary N) is 1. The average Bonchev–Trinajstić information content (AvgIpc) is 2.21. The van der Waals surface area contributed by atoms with Crippen LogP contribution in [0, 0.1) is 0 Å². The first-order chi connectivity index (χ1) is 7.65. The van der Waals surface area contributed by atoms with E-state index in [2.05, 4.69) is 20.0 Å². The number of hydrogen-bond acceptors (Lipinski definition) is 6. The second-order valence-electron chi connectivity index (χ2n) is 2.98. The monoisotopic (exact) mass is 224 g/mol. The molecule has 1 aromatic rings. The molecule has 0 aliphatic heterocycles. The van der Waals surface area contributed by atoms with E-state index in [-0.39, 0.29) is 18.3 Å². The zero-order chi connectivity index (χ0) is 12.0. The van der Waals surface area contributed by atoms with E-state index in [0.29, 0.717) is 24.3 Å². The summed E-state index contributed by atoms with van der Waals surface area (Å²) < 4.78 is 4.55. The van der Waals surface area contributed by atoms with Crippen molar-refractivity contribution in [3.05, 3.63) is 11.9 Å². The summed E-state index contributed by atoms with van der Waals surface area (Å²) in [4.78, 5) is 28.6. The van der Waals surface area contributed by atoms with Gasteiger partial charge in [0.25, 0.3) is 6.47 Å². The van der Waals surface area contributed by atoms with Gasteiger partial charge < -0.3 is 15.8 Å². The average molecular weight is 224 g/mol. The fourth-order valence-electron chi connectivity index (χ4n) is 1.16. The third-order valence-corrected chi connectivity index (χ3v) is 1.81. The quantitative estimate of drug-likeness (QED) is 0.526. The van der Waals surface area contributed by atoms with Crippen molar-refractivity contribution in [1.29, 1.82) is 0 Å². The highest BCUT2D eigenvalue weighted by molar-refractivity contribution is 5.88. The summed E-state index contributed by atoms with van der Waals surface area (Å²) in [6, 6.07) is 0. The van der Waals surface area contributed by atoms with Crippen molar-refractivity contribution in [3.63, 3.8) is 0 Å². The molecular formula is C9H12N4O3. The van der Waals surface area contributed by atoms with Gasteiger partial charge >= 0.3 is 0 Å². The lowest BCUT2D eigenvalue weighted by Gasteiger charge is -2.09. The molecule has 1 amide bonds. The minimum absolute atomic E-state index is 0.160. The topological polar surface area (TPSA) is 107 Å². The Hall–Kier alpha value is -2.18. The van der Waals surface area contributed by atoms with E-state index in [4.69, 9.17) is 5.73 Å². The molecule has 16 heavy (non-hydrogen) atoms. The summed E-state index contributed by atoms with van der Waals surface area (Å²) in [5.74, 6) is 0.346. The number of carbonyl (C=O) groups is 2. The standard InChI is InChI=1S/C9H12N4O3/c1-6(15)13-9-7(2-3-16-5-14)8(10)11-4-12-9/h4-5H,2-3H2,1H3,(H3,10,11,12,13,15). The third kappa shape index (κ3) is 3.19. The number of rotatable bonds is 5. The molecule has 0 unspecified atom stereocenters. The molecule has 0 aromatic carbocycles. The van der Waals surface area contributed by atoms with Crippen LogP contribution in [0.25, 0.3) is 0 Å². The summed E-state index contributed by atoms with van der Waals surface area (Å²) in [5.41, 5.74) is 6.19. The van der Waals surface area contributed by atoms with E-state index in [1.54, 1.807) is 0 Å². The van der Waals surface area contributed by atoms with Crippen LogP contribution in [0.15, 0.2) is 6.33 Å². The summed E-state index contributed by atoms with van der Waals surface area (Å²) in [6.07, 6.45) is 1.60. The van der Waals surface area contributed by atoms with Crippen molar-refractivity contribution < 1.29 is 14.3 Å². The van der Waals surface area contributed by atoms with Crippen LogP contribution in [0.3, 0.4) is 0 Å². The van der Waals surface area contributed by atoms with E-state index >= 15 is 0 Å². The number of nitrogen functional groups attached to an aromatic ring is 1. The zero-order valence-corrected chi connectivity index (χ0v) is 8.77. The largest absolute Gasteiger partial charge is 0.468 e. The molecule has 0 radical (unpaired) electrons. The minimum Gasteiger partial charge on any atom is -0.468 e. The molecule has 0 spiro atoms. The lowest BCUT2D eigenvalue weighted by atomic mass is 10.2. The Balaban J connectivity index is 2.85. The van der Waals surface area contributed by atoms with E-state index in [0.717, 1.165) is 0 Å². The predicted molar refractivity (Wildman–Crippen MR) is 56.5 cm³/mol. The Kier molecular flexibility index (Phi) is 4.19. The Morgan fingerprint density at radius 3 is 3.00 bits per heavy atom. The maximum atomic E-state index is 10.9. The Morgan fingerprint density at radius 1 is 1.62 bits per heavy atom. The van der Waals surface area contributed by atoms with Crippen LogP contribution < -0.4 is 11.1 Å². The van der Waals surface area contributed by atoms with Crippen LogP contribution in [0.5, 0.6) is 0 Å². The molecule has 0 saturated carbocycles. The SMILES string of the molecule is CC(=O)Nc1ncnc(N)c1CCOC=O. The summed E-state index contributed by atoms with van der Waals surface area (Å²) in [6.45, 7) is 1.87. The number of hydrogen-bond donors (Lipinski definition) is 2. The van der Waals surface area contributed by atoms with Gasteiger partial charge in [0.2, 0.25) is 5.91 Å². The van der Waals surface area contributed by atoms with Crippen LogP contribution in [0.1, 0.15) is 12.5 Å². The number of carbonyl (C=O) groups excluding carboxylic acids is 2. The molecular weight excluding hydrogens is 212 g/mol. The molecule has 0 aliphatic carbocycles. The second kappa shape index (κ2) is 5.64. The Morgan fingerprint density at radius 2 is 2.38 bits per heavy atom. The van der Waals surface area contributed by atoms with Gasteiger partial charge in [-0.25, -0.2) is 9.97 Å². The van der Waals surface area contributed by atoms with Gasteiger partial charge in [0.1, 0.15) is 18.0 Å². The Labute approximate surface area is 92.0 Å². The molecule has 0 fully saturated rings. The number of ether oxygens (including phenoxy) is 1.